The average molecular weight is 665 g/mol. The molecule has 0 aliphatic carbocycles. The zero-order chi connectivity index (χ0) is 34.8. The number of ether oxygens (including phenoxy) is 1. The molecule has 1 aliphatic rings. The first-order valence-electron chi connectivity index (χ1n) is 16.3. The Labute approximate surface area is 281 Å². The van der Waals surface area contributed by atoms with Crippen LogP contribution in [0.5, 0.6) is 5.75 Å². The first kappa shape index (κ1) is 36.5. The lowest BCUT2D eigenvalue weighted by atomic mass is 9.84. The molecule has 1 saturated heterocycles. The average Bonchev–Trinajstić information content (AvgIpc) is 3.36. The number of carbonyl (C=O) groups is 3. The Hall–Kier alpha value is -4.35. The van der Waals surface area contributed by atoms with Crippen molar-refractivity contribution in [2.45, 2.75) is 76.7 Å². The number of aryl methyl sites for hydroxylation is 1. The molecule has 258 valence electrons. The summed E-state index contributed by atoms with van der Waals surface area (Å²) in [4.78, 5) is 42.0. The minimum absolute atomic E-state index is 0.0519. The number of nitrogens with one attached hydrogen (secondary N) is 3. The fraction of sp³-hybridized carbons (Fsp3) is 0.432. The number of amides is 3. The Bertz CT molecular complexity index is 1540. The summed E-state index contributed by atoms with van der Waals surface area (Å²) in [6.45, 7) is 5.78. The Kier molecular flexibility index (Phi) is 12.7. The summed E-state index contributed by atoms with van der Waals surface area (Å²) in [7, 11) is 1.57. The molecule has 3 aromatic rings. The van der Waals surface area contributed by atoms with Gasteiger partial charge in [0.1, 0.15) is 29.0 Å². The van der Waals surface area contributed by atoms with Crippen molar-refractivity contribution in [3.05, 3.63) is 101 Å². The molecule has 9 nitrogen and oxygen atoms in total. The van der Waals surface area contributed by atoms with E-state index in [4.69, 9.17) is 4.74 Å². The van der Waals surface area contributed by atoms with Crippen molar-refractivity contribution in [1.82, 2.24) is 20.9 Å². The number of aliphatic hydroxyl groups excluding tert-OH is 1. The van der Waals surface area contributed by atoms with E-state index in [-0.39, 0.29) is 49.2 Å². The molecule has 4 atom stereocenters. The molecular formula is C37H46F2N4O5. The van der Waals surface area contributed by atoms with E-state index in [2.05, 4.69) is 16.0 Å². The quantitative estimate of drug-likeness (QED) is 0.184. The van der Waals surface area contributed by atoms with E-state index in [0.717, 1.165) is 17.2 Å². The summed E-state index contributed by atoms with van der Waals surface area (Å²) in [5.41, 5.74) is 0.995. The molecule has 0 spiro atoms. The Morgan fingerprint density at radius 1 is 0.979 bits per heavy atom. The molecule has 1 unspecified atom stereocenters. The van der Waals surface area contributed by atoms with Crippen molar-refractivity contribution in [1.29, 1.82) is 0 Å². The molecule has 11 heteroatoms. The largest absolute Gasteiger partial charge is 0.497 e. The van der Waals surface area contributed by atoms with Gasteiger partial charge < -0.3 is 30.7 Å². The zero-order valence-corrected chi connectivity index (χ0v) is 28.0. The van der Waals surface area contributed by atoms with Crippen LogP contribution in [-0.4, -0.2) is 71.7 Å². The molecule has 3 amide bonds. The van der Waals surface area contributed by atoms with Gasteiger partial charge in [-0.2, -0.15) is 0 Å². The monoisotopic (exact) mass is 664 g/mol. The number of halogens is 2. The van der Waals surface area contributed by atoms with E-state index in [0.29, 0.717) is 25.1 Å². The van der Waals surface area contributed by atoms with Crippen molar-refractivity contribution < 1.29 is 33.0 Å². The molecule has 1 aliphatic heterocycles. The Balaban J connectivity index is 1.59. The van der Waals surface area contributed by atoms with Gasteiger partial charge >= 0.3 is 0 Å². The SMILES string of the molecule is COc1cccc(CNC[C@@H](O)[C@H](Cc2cc(F)cc(F)c2)NC(=O)[C@H](CCc2ccccc2)N2CCC(NC(C)=O)(C(C)C)C2=O)c1. The predicted molar refractivity (Wildman–Crippen MR) is 179 cm³/mol. The van der Waals surface area contributed by atoms with E-state index in [1.807, 2.05) is 68.4 Å². The van der Waals surface area contributed by atoms with Gasteiger partial charge in [-0.15, -0.1) is 0 Å². The summed E-state index contributed by atoms with van der Waals surface area (Å²) >= 11 is 0. The molecule has 1 heterocycles. The number of methoxy groups -OCH3 is 1. The van der Waals surface area contributed by atoms with Crippen LogP contribution in [0.25, 0.3) is 0 Å². The number of aliphatic hydroxyl groups is 1. The second-order valence-electron chi connectivity index (χ2n) is 12.7. The molecule has 48 heavy (non-hydrogen) atoms. The van der Waals surface area contributed by atoms with Gasteiger partial charge in [0.25, 0.3) is 0 Å². The predicted octanol–water partition coefficient (Wildman–Crippen LogP) is 3.92. The lowest BCUT2D eigenvalue weighted by Crippen LogP contribution is -2.60. The van der Waals surface area contributed by atoms with Crippen LogP contribution in [0.2, 0.25) is 0 Å². The lowest BCUT2D eigenvalue weighted by molar-refractivity contribution is -0.144. The van der Waals surface area contributed by atoms with Gasteiger partial charge in [0.05, 0.1) is 19.3 Å². The van der Waals surface area contributed by atoms with Crippen LogP contribution < -0.4 is 20.7 Å². The molecule has 0 saturated carbocycles. The molecule has 0 bridgehead atoms. The third-order valence-corrected chi connectivity index (χ3v) is 8.99. The van der Waals surface area contributed by atoms with Crippen molar-refractivity contribution >= 4 is 17.7 Å². The summed E-state index contributed by atoms with van der Waals surface area (Å²) < 4.78 is 33.6. The number of likely N-dealkylation sites (tertiary alicyclic amines) is 1. The van der Waals surface area contributed by atoms with Crippen LogP contribution in [0.15, 0.2) is 72.8 Å². The van der Waals surface area contributed by atoms with Gasteiger partial charge in [0.15, 0.2) is 0 Å². The van der Waals surface area contributed by atoms with Crippen LogP contribution in [0.1, 0.15) is 50.3 Å². The van der Waals surface area contributed by atoms with Crippen LogP contribution in [0.3, 0.4) is 0 Å². The minimum atomic E-state index is -1.16. The van der Waals surface area contributed by atoms with E-state index >= 15 is 0 Å². The van der Waals surface area contributed by atoms with Crippen molar-refractivity contribution in [3.8, 4) is 5.75 Å². The number of benzene rings is 3. The highest BCUT2D eigenvalue weighted by atomic mass is 19.1. The topological polar surface area (TPSA) is 120 Å². The van der Waals surface area contributed by atoms with Crippen molar-refractivity contribution in [2.24, 2.45) is 5.92 Å². The molecule has 0 aromatic heterocycles. The van der Waals surface area contributed by atoms with E-state index in [1.165, 1.54) is 24.0 Å². The maximum absolute atomic E-state index is 14.2. The summed E-state index contributed by atoms with van der Waals surface area (Å²) in [5, 5.41) is 20.4. The molecular weight excluding hydrogens is 618 g/mol. The van der Waals surface area contributed by atoms with E-state index < -0.39 is 41.3 Å². The van der Waals surface area contributed by atoms with Gasteiger partial charge in [0, 0.05) is 32.6 Å². The summed E-state index contributed by atoms with van der Waals surface area (Å²) in [5.74, 6) is -2.27. The van der Waals surface area contributed by atoms with Crippen LogP contribution >= 0.6 is 0 Å². The van der Waals surface area contributed by atoms with E-state index in [9.17, 15) is 28.3 Å². The number of hydrogen-bond donors (Lipinski definition) is 4. The molecule has 1 fully saturated rings. The van der Waals surface area contributed by atoms with Gasteiger partial charge in [-0.3, -0.25) is 14.4 Å². The van der Waals surface area contributed by atoms with Crippen LogP contribution in [-0.2, 0) is 33.8 Å². The van der Waals surface area contributed by atoms with Gasteiger partial charge in [-0.1, -0.05) is 56.3 Å². The summed E-state index contributed by atoms with van der Waals surface area (Å²) in [6, 6.07) is 18.2. The summed E-state index contributed by atoms with van der Waals surface area (Å²) in [6.07, 6.45) is -0.127. The van der Waals surface area contributed by atoms with Gasteiger partial charge in [-0.05, 0) is 72.6 Å². The standard InChI is InChI=1S/C37H46F2N4O5/c1-24(2)37(42-25(3)44)15-16-43(36(37)47)33(14-13-26-9-6-5-7-10-26)35(46)41-32(20-28-17-29(38)21-30(39)18-28)34(45)23-40-22-27-11-8-12-31(19-27)48-4/h5-12,17-19,21,24,32-34,40,45H,13-16,20,22-23H2,1-4H3,(H,41,46)(H,42,44)/t32-,33-,34+,37?/m0/s1. The highest BCUT2D eigenvalue weighted by Gasteiger charge is 2.52. The van der Waals surface area contributed by atoms with Crippen molar-refractivity contribution in [2.75, 3.05) is 20.2 Å². The van der Waals surface area contributed by atoms with Crippen molar-refractivity contribution in [3.63, 3.8) is 0 Å². The first-order valence-corrected chi connectivity index (χ1v) is 16.3. The number of rotatable bonds is 16. The lowest BCUT2D eigenvalue weighted by Gasteiger charge is -2.35. The molecule has 0 radical (unpaired) electrons. The maximum Gasteiger partial charge on any atom is 0.249 e. The second kappa shape index (κ2) is 16.7. The maximum atomic E-state index is 14.2. The molecule has 4 rings (SSSR count). The Morgan fingerprint density at radius 2 is 1.67 bits per heavy atom. The van der Waals surface area contributed by atoms with Gasteiger partial charge in [0.2, 0.25) is 17.7 Å². The second-order valence-corrected chi connectivity index (χ2v) is 12.7. The van der Waals surface area contributed by atoms with Gasteiger partial charge in [-0.25, -0.2) is 8.78 Å². The van der Waals surface area contributed by atoms with Crippen LogP contribution in [0, 0.1) is 17.6 Å². The number of nitrogens with zero attached hydrogens (tertiary/aromatic N) is 1. The molecule has 4 N–H and O–H groups in total. The normalized spacial score (nSPS) is 18.0. The minimum Gasteiger partial charge on any atom is -0.497 e. The number of carbonyl (C=O) groups excluding carboxylic acids is 3. The fourth-order valence-corrected chi connectivity index (χ4v) is 6.38. The smallest absolute Gasteiger partial charge is 0.249 e. The third kappa shape index (κ3) is 9.38. The van der Waals surface area contributed by atoms with Crippen LogP contribution in [0.4, 0.5) is 8.78 Å². The highest BCUT2D eigenvalue weighted by Crippen LogP contribution is 2.33. The number of hydrogen-bond acceptors (Lipinski definition) is 6. The first-order chi connectivity index (χ1) is 22.9. The molecule has 3 aromatic carbocycles. The Morgan fingerprint density at radius 3 is 2.31 bits per heavy atom. The highest BCUT2D eigenvalue weighted by molar-refractivity contribution is 5.96. The third-order valence-electron chi connectivity index (χ3n) is 8.99. The van der Waals surface area contributed by atoms with E-state index in [1.54, 1.807) is 7.11 Å². The zero-order valence-electron chi connectivity index (χ0n) is 28.0. The fourth-order valence-electron chi connectivity index (χ4n) is 6.38.